The Morgan fingerprint density at radius 2 is 1.00 bits per heavy atom. The second-order valence-electron chi connectivity index (χ2n) is 3.13. The van der Waals surface area contributed by atoms with Crippen LogP contribution in [0.3, 0.4) is 0 Å². The number of esters is 2. The number of aliphatic hydroxyl groups excluding tert-OH is 2. The van der Waals surface area contributed by atoms with Crippen molar-refractivity contribution < 1.29 is 49.1 Å². The van der Waals surface area contributed by atoms with E-state index in [1.54, 1.807) is 0 Å². The Kier molecular flexibility index (Phi) is 14.4. The normalized spacial score (nSPS) is 9.91. The molecule has 0 radical (unpaired) electrons. The number of carbonyl (C=O) groups excluding carboxylic acids is 2. The number of carbonyl (C=O) groups is 4. The van der Waals surface area contributed by atoms with Crippen LogP contribution in [-0.4, -0.2) is 70.7 Å². The highest BCUT2D eigenvalue weighted by Gasteiger charge is 2.01. The molecule has 10 heteroatoms. The lowest BCUT2D eigenvalue weighted by atomic mass is 10.5. The van der Waals surface area contributed by atoms with E-state index in [2.05, 4.69) is 9.47 Å². The van der Waals surface area contributed by atoms with Crippen molar-refractivity contribution in [1.29, 1.82) is 0 Å². The van der Waals surface area contributed by atoms with Gasteiger partial charge in [-0.2, -0.15) is 0 Å². The van der Waals surface area contributed by atoms with Crippen LogP contribution < -0.4 is 0 Å². The summed E-state index contributed by atoms with van der Waals surface area (Å²) in [6, 6.07) is 0. The van der Waals surface area contributed by atoms with E-state index in [1.165, 1.54) is 0 Å². The summed E-state index contributed by atoms with van der Waals surface area (Å²) >= 11 is 0. The minimum absolute atomic E-state index is 0.125. The zero-order chi connectivity index (χ0) is 17.4. The smallest absolute Gasteiger partial charge is 0.331 e. The van der Waals surface area contributed by atoms with E-state index >= 15 is 0 Å². The van der Waals surface area contributed by atoms with Crippen molar-refractivity contribution in [2.75, 3.05) is 26.4 Å². The fourth-order valence-electron chi connectivity index (χ4n) is 0.659. The van der Waals surface area contributed by atoms with Gasteiger partial charge in [-0.1, -0.05) is 0 Å². The Balaban J connectivity index is 0. The number of carboxylic acids is 2. The Labute approximate surface area is 124 Å². The lowest BCUT2D eigenvalue weighted by Gasteiger charge is -2.02. The summed E-state index contributed by atoms with van der Waals surface area (Å²) in [5.41, 5.74) is 0. The molecule has 0 atom stereocenters. The Hall–Kier alpha value is -2.72. The van der Waals surface area contributed by atoms with Crippen LogP contribution >= 0.6 is 0 Å². The first kappa shape index (κ1) is 21.6. The van der Waals surface area contributed by atoms with Crippen molar-refractivity contribution in [2.24, 2.45) is 0 Å². The van der Waals surface area contributed by atoms with E-state index in [9.17, 15) is 19.2 Å². The molecule has 0 heterocycles. The predicted octanol–water partition coefficient (Wildman–Crippen LogP) is -1.67. The molecule has 124 valence electrons. The minimum Gasteiger partial charge on any atom is -0.478 e. The molecule has 0 rings (SSSR count). The molecule has 0 unspecified atom stereocenters. The zero-order valence-corrected chi connectivity index (χ0v) is 11.4. The predicted molar refractivity (Wildman–Crippen MR) is 69.6 cm³/mol. The first-order valence-corrected chi connectivity index (χ1v) is 5.70. The first-order chi connectivity index (χ1) is 10.3. The second-order valence-corrected chi connectivity index (χ2v) is 3.13. The molecule has 0 aliphatic heterocycles. The van der Waals surface area contributed by atoms with Crippen molar-refractivity contribution in [3.05, 3.63) is 24.3 Å². The van der Waals surface area contributed by atoms with Crippen LogP contribution in [0.2, 0.25) is 0 Å². The van der Waals surface area contributed by atoms with E-state index in [4.69, 9.17) is 20.4 Å². The molecular weight excluding hydrogens is 304 g/mol. The largest absolute Gasteiger partial charge is 0.478 e. The fourth-order valence-corrected chi connectivity index (χ4v) is 0.659. The molecule has 4 N–H and O–H groups in total. The molecule has 0 aliphatic carbocycles. The Bertz CT molecular complexity index is 384. The minimum atomic E-state index is -1.29. The van der Waals surface area contributed by atoms with Crippen LogP contribution in [0.25, 0.3) is 0 Å². The second kappa shape index (κ2) is 14.7. The van der Waals surface area contributed by atoms with Gasteiger partial charge in [-0.05, 0) is 0 Å². The van der Waals surface area contributed by atoms with Gasteiger partial charge in [0.25, 0.3) is 0 Å². The van der Waals surface area contributed by atoms with Gasteiger partial charge in [0.2, 0.25) is 0 Å². The van der Waals surface area contributed by atoms with Crippen molar-refractivity contribution in [3.63, 3.8) is 0 Å². The number of aliphatic hydroxyl groups is 2. The van der Waals surface area contributed by atoms with Crippen LogP contribution in [0, 0.1) is 0 Å². The average Bonchev–Trinajstić information content (AvgIpc) is 2.47. The summed E-state index contributed by atoms with van der Waals surface area (Å²) < 4.78 is 8.92. The summed E-state index contributed by atoms with van der Waals surface area (Å²) in [4.78, 5) is 41.7. The van der Waals surface area contributed by atoms with Gasteiger partial charge in [0.15, 0.2) is 0 Å². The third kappa shape index (κ3) is 19.6. The molecule has 22 heavy (non-hydrogen) atoms. The quantitative estimate of drug-likeness (QED) is 0.230. The number of aliphatic carboxylic acids is 2. The van der Waals surface area contributed by atoms with Gasteiger partial charge in [-0.25, -0.2) is 19.2 Å². The van der Waals surface area contributed by atoms with Gasteiger partial charge in [-0.3, -0.25) is 0 Å². The number of carboxylic acid groups (broad SMARTS) is 2. The highest BCUT2D eigenvalue weighted by Crippen LogP contribution is 1.86. The summed E-state index contributed by atoms with van der Waals surface area (Å²) in [7, 11) is 0. The van der Waals surface area contributed by atoms with Crippen LogP contribution in [0.1, 0.15) is 0 Å². The van der Waals surface area contributed by atoms with Gasteiger partial charge in [0.1, 0.15) is 13.2 Å². The van der Waals surface area contributed by atoms with Gasteiger partial charge < -0.3 is 29.9 Å². The lowest BCUT2D eigenvalue weighted by Crippen LogP contribution is -2.11. The van der Waals surface area contributed by atoms with Gasteiger partial charge in [0, 0.05) is 24.3 Å². The van der Waals surface area contributed by atoms with E-state index in [0.29, 0.717) is 24.3 Å². The molecule has 0 spiro atoms. The first-order valence-electron chi connectivity index (χ1n) is 5.70. The Morgan fingerprint density at radius 3 is 1.23 bits per heavy atom. The molecular formula is C12H16O10. The Morgan fingerprint density at radius 1 is 0.682 bits per heavy atom. The molecule has 0 bridgehead atoms. The maximum atomic E-state index is 10.8. The van der Waals surface area contributed by atoms with Crippen LogP contribution in [-0.2, 0) is 28.7 Å². The average molecular weight is 320 g/mol. The fraction of sp³-hybridized carbons (Fsp3) is 0.333. The number of hydrogen-bond acceptors (Lipinski definition) is 8. The summed E-state index contributed by atoms with van der Waals surface area (Å²) in [6.45, 7) is -0.787. The molecule has 0 saturated heterocycles. The topological polar surface area (TPSA) is 168 Å². The summed E-state index contributed by atoms with van der Waals surface area (Å²) in [6.07, 6.45) is 2.61. The maximum Gasteiger partial charge on any atom is 0.331 e. The molecule has 10 nitrogen and oxygen atoms in total. The highest BCUT2D eigenvalue weighted by molar-refractivity contribution is 5.91. The van der Waals surface area contributed by atoms with Crippen LogP contribution in [0.15, 0.2) is 24.3 Å². The van der Waals surface area contributed by atoms with Crippen LogP contribution in [0.5, 0.6) is 0 Å². The molecule has 0 aromatic carbocycles. The van der Waals surface area contributed by atoms with Crippen molar-refractivity contribution >= 4 is 23.9 Å². The molecule has 0 amide bonds. The van der Waals surface area contributed by atoms with Gasteiger partial charge in [-0.15, -0.1) is 0 Å². The molecule has 0 fully saturated rings. The van der Waals surface area contributed by atoms with E-state index in [0.717, 1.165) is 0 Å². The number of hydrogen-bond donors (Lipinski definition) is 4. The summed E-state index contributed by atoms with van der Waals surface area (Å²) in [5, 5.41) is 31.6. The zero-order valence-electron chi connectivity index (χ0n) is 11.4. The monoisotopic (exact) mass is 320 g/mol. The highest BCUT2D eigenvalue weighted by atomic mass is 16.6. The van der Waals surface area contributed by atoms with Crippen LogP contribution in [0.4, 0.5) is 0 Å². The molecule has 0 aromatic rings. The van der Waals surface area contributed by atoms with Crippen molar-refractivity contribution in [1.82, 2.24) is 0 Å². The summed E-state index contributed by atoms with van der Waals surface area (Å²) in [5.74, 6) is -4.38. The standard InChI is InChI=1S/C10H10O8.C2H6O2/c11-7(12)1-3-9(15)17-5-6-18-10(16)4-2-8(13)14;3-1-2-4/h1-4H,5-6H2,(H,11,12)(H,13,14);3-4H,1-2H2/b3-1+,4-2+;. The SMILES string of the molecule is O=C(O)/C=C/C(=O)OCCOC(=O)/C=C/C(=O)O.OCCO. The maximum absolute atomic E-state index is 10.8. The number of rotatable bonds is 8. The third-order valence-electron chi connectivity index (χ3n) is 1.40. The van der Waals surface area contributed by atoms with Crippen molar-refractivity contribution in [2.45, 2.75) is 0 Å². The van der Waals surface area contributed by atoms with Crippen molar-refractivity contribution in [3.8, 4) is 0 Å². The molecule has 0 saturated carbocycles. The van der Waals surface area contributed by atoms with E-state index in [1.807, 2.05) is 0 Å². The third-order valence-corrected chi connectivity index (χ3v) is 1.40. The van der Waals surface area contributed by atoms with Gasteiger partial charge >= 0.3 is 23.9 Å². The van der Waals surface area contributed by atoms with E-state index < -0.39 is 23.9 Å². The lowest BCUT2D eigenvalue weighted by molar-refractivity contribution is -0.146. The molecule has 0 aliphatic rings. The molecule has 0 aromatic heterocycles. The number of ether oxygens (including phenoxy) is 2. The van der Waals surface area contributed by atoms with E-state index in [-0.39, 0.29) is 26.4 Å². The van der Waals surface area contributed by atoms with Gasteiger partial charge in [0.05, 0.1) is 13.2 Å².